The van der Waals surface area contributed by atoms with Gasteiger partial charge in [-0.25, -0.2) is 0 Å². The number of amides is 1. The van der Waals surface area contributed by atoms with Gasteiger partial charge in [0.25, 0.3) is 0 Å². The summed E-state index contributed by atoms with van der Waals surface area (Å²) in [6, 6.07) is 7.77. The highest BCUT2D eigenvalue weighted by Gasteiger charge is 2.36. The Morgan fingerprint density at radius 3 is 3.00 bits per heavy atom. The van der Waals surface area contributed by atoms with E-state index in [1.54, 1.807) is 11.8 Å². The standard InChI is InChI=1S/C16H22ClNO2S/c1-21-10-15(20)18-7-3-6-16(11-18,12-19)9-13-4-2-5-14(17)8-13/h2,4-5,8,19H,3,6-7,9-12H2,1H3/t16-/m0/s1. The maximum Gasteiger partial charge on any atom is 0.232 e. The molecule has 1 heterocycles. The number of aliphatic hydroxyl groups excluding tert-OH is 1. The molecule has 1 aromatic rings. The molecule has 0 aromatic heterocycles. The maximum atomic E-state index is 12.1. The predicted molar refractivity (Wildman–Crippen MR) is 88.9 cm³/mol. The van der Waals surface area contributed by atoms with Crippen LogP contribution in [0.3, 0.4) is 0 Å². The second kappa shape index (κ2) is 7.52. The highest BCUT2D eigenvalue weighted by molar-refractivity contribution is 7.99. The molecule has 116 valence electrons. The fraction of sp³-hybridized carbons (Fsp3) is 0.562. The first-order chi connectivity index (χ1) is 10.1. The molecule has 21 heavy (non-hydrogen) atoms. The Hall–Kier alpha value is -0.710. The topological polar surface area (TPSA) is 40.5 Å². The first-order valence-corrected chi connectivity index (χ1v) is 8.98. The molecule has 0 radical (unpaired) electrons. The van der Waals surface area contributed by atoms with Crippen molar-refractivity contribution in [3.8, 4) is 0 Å². The van der Waals surface area contributed by atoms with E-state index in [1.165, 1.54) is 0 Å². The van der Waals surface area contributed by atoms with Gasteiger partial charge in [-0.15, -0.1) is 0 Å². The summed E-state index contributed by atoms with van der Waals surface area (Å²) in [6.45, 7) is 1.54. The highest BCUT2D eigenvalue weighted by Crippen LogP contribution is 2.34. The van der Waals surface area contributed by atoms with Gasteiger partial charge in [0.2, 0.25) is 5.91 Å². The predicted octanol–water partition coefficient (Wildman–Crippen LogP) is 2.85. The van der Waals surface area contributed by atoms with Crippen molar-refractivity contribution >= 4 is 29.3 Å². The molecule has 3 nitrogen and oxygen atoms in total. The van der Waals surface area contributed by atoms with Crippen LogP contribution in [-0.4, -0.2) is 47.6 Å². The van der Waals surface area contributed by atoms with E-state index >= 15 is 0 Å². The summed E-state index contributed by atoms with van der Waals surface area (Å²) >= 11 is 7.59. The van der Waals surface area contributed by atoms with Crippen molar-refractivity contribution in [1.82, 2.24) is 4.90 Å². The van der Waals surface area contributed by atoms with Gasteiger partial charge in [0, 0.05) is 23.5 Å². The second-order valence-electron chi connectivity index (χ2n) is 5.82. The number of aliphatic hydroxyl groups is 1. The molecular weight excluding hydrogens is 306 g/mol. The molecule has 0 aliphatic carbocycles. The third kappa shape index (κ3) is 4.38. The van der Waals surface area contributed by atoms with Crippen LogP contribution in [-0.2, 0) is 11.2 Å². The number of thioether (sulfide) groups is 1. The zero-order valence-corrected chi connectivity index (χ0v) is 13.9. The quantitative estimate of drug-likeness (QED) is 0.904. The van der Waals surface area contributed by atoms with Crippen molar-refractivity contribution in [2.45, 2.75) is 19.3 Å². The maximum absolute atomic E-state index is 12.1. The van der Waals surface area contributed by atoms with Crippen LogP contribution >= 0.6 is 23.4 Å². The summed E-state index contributed by atoms with van der Waals surface area (Å²) in [5, 5.41) is 10.6. The number of hydrogen-bond acceptors (Lipinski definition) is 3. The molecule has 0 bridgehead atoms. The fourth-order valence-electron chi connectivity index (χ4n) is 3.04. The van der Waals surface area contributed by atoms with Crippen LogP contribution in [0, 0.1) is 5.41 Å². The van der Waals surface area contributed by atoms with Crippen molar-refractivity contribution in [3.05, 3.63) is 34.9 Å². The Labute approximate surface area is 135 Å². The van der Waals surface area contributed by atoms with Crippen LogP contribution < -0.4 is 0 Å². The zero-order valence-electron chi connectivity index (χ0n) is 12.3. The Balaban J connectivity index is 2.11. The number of hydrogen-bond donors (Lipinski definition) is 1. The Morgan fingerprint density at radius 1 is 1.52 bits per heavy atom. The van der Waals surface area contributed by atoms with E-state index < -0.39 is 0 Å². The van der Waals surface area contributed by atoms with E-state index in [-0.39, 0.29) is 17.9 Å². The van der Waals surface area contributed by atoms with Gasteiger partial charge in [-0.3, -0.25) is 4.79 Å². The fourth-order valence-corrected chi connectivity index (χ4v) is 3.69. The monoisotopic (exact) mass is 327 g/mol. The molecule has 1 aliphatic rings. The van der Waals surface area contributed by atoms with Gasteiger partial charge in [0.1, 0.15) is 0 Å². The molecule has 1 aliphatic heterocycles. The van der Waals surface area contributed by atoms with Gasteiger partial charge in [-0.05, 0) is 43.2 Å². The van der Waals surface area contributed by atoms with Crippen LogP contribution in [0.2, 0.25) is 5.02 Å². The highest BCUT2D eigenvalue weighted by atomic mass is 35.5. The molecule has 1 atom stereocenters. The minimum Gasteiger partial charge on any atom is -0.396 e. The van der Waals surface area contributed by atoms with Crippen LogP contribution in [0.25, 0.3) is 0 Å². The lowest BCUT2D eigenvalue weighted by molar-refractivity contribution is -0.132. The summed E-state index contributed by atoms with van der Waals surface area (Å²) < 4.78 is 0. The third-order valence-electron chi connectivity index (χ3n) is 4.09. The van der Waals surface area contributed by atoms with E-state index in [0.717, 1.165) is 31.4 Å². The van der Waals surface area contributed by atoms with E-state index in [2.05, 4.69) is 0 Å². The van der Waals surface area contributed by atoms with Gasteiger partial charge in [0.05, 0.1) is 12.4 Å². The van der Waals surface area contributed by atoms with Crippen molar-refractivity contribution in [1.29, 1.82) is 0 Å². The average molecular weight is 328 g/mol. The van der Waals surface area contributed by atoms with Crippen LogP contribution in [0.4, 0.5) is 0 Å². The number of halogens is 1. The summed E-state index contributed by atoms with van der Waals surface area (Å²) in [4.78, 5) is 14.0. The molecule has 1 amide bonds. The Kier molecular flexibility index (Phi) is 5.97. The lowest BCUT2D eigenvalue weighted by Crippen LogP contribution is -2.49. The minimum absolute atomic E-state index is 0.0998. The van der Waals surface area contributed by atoms with Gasteiger partial charge in [-0.2, -0.15) is 11.8 Å². The number of benzene rings is 1. The molecule has 1 N–H and O–H groups in total. The summed E-state index contributed by atoms with van der Waals surface area (Å²) in [7, 11) is 0. The average Bonchev–Trinajstić information content (AvgIpc) is 2.48. The first kappa shape index (κ1) is 16.7. The Morgan fingerprint density at radius 2 is 2.33 bits per heavy atom. The van der Waals surface area contributed by atoms with Crippen LogP contribution in [0.1, 0.15) is 18.4 Å². The molecule has 1 aromatic carbocycles. The minimum atomic E-state index is -0.239. The number of piperidine rings is 1. The van der Waals surface area contributed by atoms with E-state index in [4.69, 9.17) is 11.6 Å². The Bertz CT molecular complexity index is 497. The lowest BCUT2D eigenvalue weighted by atomic mass is 9.75. The van der Waals surface area contributed by atoms with Crippen molar-refractivity contribution < 1.29 is 9.90 Å². The number of likely N-dealkylation sites (tertiary alicyclic amines) is 1. The number of carbonyl (C=O) groups is 1. The largest absolute Gasteiger partial charge is 0.396 e. The lowest BCUT2D eigenvalue weighted by Gasteiger charge is -2.42. The smallest absolute Gasteiger partial charge is 0.232 e. The summed E-state index contributed by atoms with van der Waals surface area (Å²) in [5.41, 5.74) is 0.882. The van der Waals surface area contributed by atoms with Crippen LogP contribution in [0.5, 0.6) is 0 Å². The van der Waals surface area contributed by atoms with E-state index in [1.807, 2.05) is 35.4 Å². The molecule has 2 rings (SSSR count). The van der Waals surface area contributed by atoms with Crippen molar-refractivity contribution in [2.24, 2.45) is 5.41 Å². The van der Waals surface area contributed by atoms with Crippen molar-refractivity contribution in [2.75, 3.05) is 31.7 Å². The number of rotatable bonds is 5. The molecule has 1 fully saturated rings. The van der Waals surface area contributed by atoms with E-state index in [0.29, 0.717) is 17.3 Å². The second-order valence-corrected chi connectivity index (χ2v) is 7.12. The molecule has 0 saturated carbocycles. The summed E-state index contributed by atoms with van der Waals surface area (Å²) in [6.07, 6.45) is 4.58. The molecule has 5 heteroatoms. The zero-order chi connectivity index (χ0) is 15.3. The SMILES string of the molecule is CSCC(=O)N1CCC[C@](CO)(Cc2cccc(Cl)c2)C1. The molecule has 1 saturated heterocycles. The van der Waals surface area contributed by atoms with Crippen LogP contribution in [0.15, 0.2) is 24.3 Å². The van der Waals surface area contributed by atoms with Gasteiger partial charge in [0.15, 0.2) is 0 Å². The van der Waals surface area contributed by atoms with Gasteiger partial charge in [-0.1, -0.05) is 23.7 Å². The number of carbonyl (C=O) groups excluding carboxylic acids is 1. The molecular formula is C16H22ClNO2S. The summed E-state index contributed by atoms with van der Waals surface area (Å²) in [5.74, 6) is 0.685. The first-order valence-electron chi connectivity index (χ1n) is 7.21. The van der Waals surface area contributed by atoms with E-state index in [9.17, 15) is 9.90 Å². The van der Waals surface area contributed by atoms with Crippen molar-refractivity contribution in [3.63, 3.8) is 0 Å². The van der Waals surface area contributed by atoms with Gasteiger partial charge < -0.3 is 10.0 Å². The third-order valence-corrected chi connectivity index (χ3v) is 4.86. The van der Waals surface area contributed by atoms with Gasteiger partial charge >= 0.3 is 0 Å². The normalized spacial score (nSPS) is 22.3. The molecule has 0 unspecified atom stereocenters. The molecule has 0 spiro atoms. The number of nitrogens with zero attached hydrogens (tertiary/aromatic N) is 1.